The largest absolute Gasteiger partial charge is 0.477 e. The van der Waals surface area contributed by atoms with Crippen molar-refractivity contribution in [3.8, 4) is 0 Å². The van der Waals surface area contributed by atoms with Gasteiger partial charge in [-0.2, -0.15) is 0 Å². The van der Waals surface area contributed by atoms with Gasteiger partial charge in [-0.25, -0.2) is 4.79 Å². The molecule has 3 rings (SSSR count). The average molecular weight is 263 g/mol. The maximum atomic E-state index is 10.9. The molecule has 0 aliphatic heterocycles. The Morgan fingerprint density at radius 1 is 1.56 bits per heavy atom. The van der Waals surface area contributed by atoms with Crippen molar-refractivity contribution in [2.45, 2.75) is 25.4 Å². The molecule has 1 saturated carbocycles. The van der Waals surface area contributed by atoms with E-state index in [0.717, 1.165) is 11.4 Å². The van der Waals surface area contributed by atoms with Crippen molar-refractivity contribution in [1.82, 2.24) is 0 Å². The van der Waals surface area contributed by atoms with Gasteiger partial charge >= 0.3 is 5.97 Å². The number of carboxylic acid groups (broad SMARTS) is 1. The second-order valence-electron chi connectivity index (χ2n) is 4.41. The van der Waals surface area contributed by atoms with Crippen LogP contribution in [0.3, 0.4) is 0 Å². The van der Waals surface area contributed by atoms with Gasteiger partial charge in [-0.15, -0.1) is 11.3 Å². The summed E-state index contributed by atoms with van der Waals surface area (Å²) in [6.07, 6.45) is 3.99. The average Bonchev–Trinajstić information content (AvgIpc) is 2.88. The molecule has 2 aromatic rings. The summed E-state index contributed by atoms with van der Waals surface area (Å²) in [4.78, 5) is 13.5. The number of rotatable bonds is 5. The van der Waals surface area contributed by atoms with Crippen LogP contribution in [0.1, 0.15) is 28.3 Å². The molecule has 0 bridgehead atoms. The van der Waals surface area contributed by atoms with Crippen LogP contribution >= 0.6 is 11.3 Å². The monoisotopic (exact) mass is 263 g/mol. The van der Waals surface area contributed by atoms with Crippen molar-refractivity contribution >= 4 is 23.0 Å². The van der Waals surface area contributed by atoms with Gasteiger partial charge in [0.05, 0.1) is 12.8 Å². The summed E-state index contributed by atoms with van der Waals surface area (Å²) in [6, 6.07) is 6.08. The fourth-order valence-corrected chi connectivity index (χ4v) is 2.72. The lowest BCUT2D eigenvalue weighted by molar-refractivity contribution is 0.0702. The normalized spacial score (nSPS) is 14.7. The lowest BCUT2D eigenvalue weighted by atomic mass is 10.3. The van der Waals surface area contributed by atoms with Gasteiger partial charge in [-0.1, -0.05) is 0 Å². The third-order valence-electron chi connectivity index (χ3n) is 3.02. The van der Waals surface area contributed by atoms with Gasteiger partial charge in [0.1, 0.15) is 10.6 Å². The highest BCUT2D eigenvalue weighted by atomic mass is 32.1. The maximum absolute atomic E-state index is 10.9. The summed E-state index contributed by atoms with van der Waals surface area (Å²) in [6.45, 7) is 0.702. The summed E-state index contributed by atoms with van der Waals surface area (Å²) in [5, 5.41) is 10.9. The maximum Gasteiger partial charge on any atom is 0.345 e. The van der Waals surface area contributed by atoms with Crippen LogP contribution in [0, 0.1) is 0 Å². The van der Waals surface area contributed by atoms with Crippen molar-refractivity contribution in [2.75, 3.05) is 4.90 Å². The first kappa shape index (κ1) is 11.3. The molecule has 1 N–H and O–H groups in total. The number of hydrogen-bond donors (Lipinski definition) is 1. The first-order valence-electron chi connectivity index (χ1n) is 5.85. The second kappa shape index (κ2) is 4.49. The molecule has 0 spiro atoms. The highest BCUT2D eigenvalue weighted by molar-refractivity contribution is 7.12. The van der Waals surface area contributed by atoms with E-state index in [1.807, 2.05) is 17.5 Å². The van der Waals surface area contributed by atoms with Crippen molar-refractivity contribution in [3.63, 3.8) is 0 Å². The molecule has 0 saturated heterocycles. The predicted octanol–water partition coefficient (Wildman–Crippen LogP) is 3.21. The Kier molecular flexibility index (Phi) is 2.83. The standard InChI is InChI=1S/C13H13NO3S/c15-13(16)12-6-10(8-18-12)14(9-3-4-9)7-11-2-1-5-17-11/h1-2,5-6,8-9H,3-4,7H2,(H,15,16). The molecule has 1 fully saturated rings. The van der Waals surface area contributed by atoms with Crippen LogP contribution in [0.25, 0.3) is 0 Å². The number of carbonyl (C=O) groups is 1. The molecular weight excluding hydrogens is 250 g/mol. The van der Waals surface area contributed by atoms with E-state index in [4.69, 9.17) is 9.52 Å². The van der Waals surface area contributed by atoms with Crippen LogP contribution in [-0.4, -0.2) is 17.1 Å². The first-order valence-corrected chi connectivity index (χ1v) is 6.73. The molecule has 0 aromatic carbocycles. The first-order chi connectivity index (χ1) is 8.74. The molecule has 18 heavy (non-hydrogen) atoms. The van der Waals surface area contributed by atoms with Crippen molar-refractivity contribution in [3.05, 3.63) is 40.5 Å². The predicted molar refractivity (Wildman–Crippen MR) is 69.2 cm³/mol. The Bertz CT molecular complexity index is 542. The Balaban J connectivity index is 1.82. The van der Waals surface area contributed by atoms with E-state index in [1.165, 1.54) is 24.2 Å². The number of nitrogens with zero attached hydrogens (tertiary/aromatic N) is 1. The molecular formula is C13H13NO3S. The third kappa shape index (κ3) is 2.26. The van der Waals surface area contributed by atoms with E-state index in [9.17, 15) is 4.79 Å². The SMILES string of the molecule is O=C(O)c1cc(N(Cc2ccco2)C2CC2)cs1. The van der Waals surface area contributed by atoms with E-state index >= 15 is 0 Å². The van der Waals surface area contributed by atoms with Crippen LogP contribution < -0.4 is 4.90 Å². The van der Waals surface area contributed by atoms with E-state index in [-0.39, 0.29) is 0 Å². The van der Waals surface area contributed by atoms with Crippen LogP contribution in [0.4, 0.5) is 5.69 Å². The van der Waals surface area contributed by atoms with E-state index in [2.05, 4.69) is 4.90 Å². The number of thiophene rings is 1. The molecule has 4 nitrogen and oxygen atoms in total. The third-order valence-corrected chi connectivity index (χ3v) is 3.93. The molecule has 0 atom stereocenters. The quantitative estimate of drug-likeness (QED) is 0.900. The van der Waals surface area contributed by atoms with Gasteiger partial charge < -0.3 is 14.4 Å². The molecule has 0 amide bonds. The molecule has 1 aliphatic rings. The topological polar surface area (TPSA) is 53.7 Å². The Labute approximate surface area is 108 Å². The highest BCUT2D eigenvalue weighted by Gasteiger charge is 2.30. The minimum atomic E-state index is -0.861. The molecule has 2 aromatic heterocycles. The number of anilines is 1. The van der Waals surface area contributed by atoms with Crippen molar-refractivity contribution in [1.29, 1.82) is 0 Å². The zero-order chi connectivity index (χ0) is 12.5. The summed E-state index contributed by atoms with van der Waals surface area (Å²) in [7, 11) is 0. The lowest BCUT2D eigenvalue weighted by Gasteiger charge is -2.21. The molecule has 94 valence electrons. The van der Waals surface area contributed by atoms with E-state index in [0.29, 0.717) is 17.5 Å². The van der Waals surface area contributed by atoms with Gasteiger partial charge in [-0.05, 0) is 31.0 Å². The Morgan fingerprint density at radius 3 is 2.94 bits per heavy atom. The van der Waals surface area contributed by atoms with Gasteiger partial charge in [0.25, 0.3) is 0 Å². The highest BCUT2D eigenvalue weighted by Crippen LogP contribution is 2.35. The van der Waals surface area contributed by atoms with E-state index < -0.39 is 5.97 Å². The Morgan fingerprint density at radius 2 is 2.39 bits per heavy atom. The molecule has 2 heterocycles. The second-order valence-corrected chi connectivity index (χ2v) is 5.32. The van der Waals surface area contributed by atoms with Gasteiger partial charge in [0.2, 0.25) is 0 Å². The number of furan rings is 1. The molecule has 5 heteroatoms. The van der Waals surface area contributed by atoms with Crippen LogP contribution in [0.5, 0.6) is 0 Å². The Hall–Kier alpha value is -1.75. The molecule has 1 aliphatic carbocycles. The minimum Gasteiger partial charge on any atom is -0.477 e. The van der Waals surface area contributed by atoms with Crippen molar-refractivity contribution < 1.29 is 14.3 Å². The zero-order valence-corrected chi connectivity index (χ0v) is 10.5. The molecule has 0 unspecified atom stereocenters. The zero-order valence-electron chi connectivity index (χ0n) is 9.70. The van der Waals surface area contributed by atoms with Gasteiger partial charge in [-0.3, -0.25) is 0 Å². The minimum absolute atomic E-state index is 0.384. The number of hydrogen-bond acceptors (Lipinski definition) is 4. The van der Waals surface area contributed by atoms with Gasteiger partial charge in [0, 0.05) is 17.1 Å². The smallest absolute Gasteiger partial charge is 0.345 e. The fourth-order valence-electron chi connectivity index (χ4n) is 1.98. The summed E-state index contributed by atoms with van der Waals surface area (Å²) in [5.41, 5.74) is 0.983. The van der Waals surface area contributed by atoms with Crippen molar-refractivity contribution in [2.24, 2.45) is 0 Å². The van der Waals surface area contributed by atoms with Gasteiger partial charge in [0.15, 0.2) is 0 Å². The summed E-state index contributed by atoms with van der Waals surface area (Å²) < 4.78 is 5.36. The summed E-state index contributed by atoms with van der Waals surface area (Å²) in [5.74, 6) is 0.0463. The molecule has 0 radical (unpaired) electrons. The van der Waals surface area contributed by atoms with Crippen LogP contribution in [0.2, 0.25) is 0 Å². The van der Waals surface area contributed by atoms with Crippen LogP contribution in [0.15, 0.2) is 34.3 Å². The van der Waals surface area contributed by atoms with Crippen LogP contribution in [-0.2, 0) is 6.54 Å². The van der Waals surface area contributed by atoms with E-state index in [1.54, 1.807) is 12.3 Å². The number of aromatic carboxylic acids is 1. The summed E-state index contributed by atoms with van der Waals surface area (Å²) >= 11 is 1.27. The lowest BCUT2D eigenvalue weighted by Crippen LogP contribution is -2.24. The number of carboxylic acids is 1. The fraction of sp³-hybridized carbons (Fsp3) is 0.308.